The topological polar surface area (TPSA) is 12.0 Å². The average molecular weight is 134 g/mol. The largest absolute Gasteiger partial charge is 0.312 e. The van der Waals surface area contributed by atoms with Crippen molar-refractivity contribution in [3.8, 4) is 0 Å². The molecule has 1 atom stereocenters. The molecule has 0 amide bonds. The number of hydrogen-bond acceptors (Lipinski definition) is 1. The molecule has 0 fully saturated rings. The van der Waals surface area contributed by atoms with Crippen LogP contribution in [0.15, 0.2) is 12.2 Å². The van der Waals surface area contributed by atoms with Crippen LogP contribution in [0.2, 0.25) is 0 Å². The number of hydrogen-bond donors (Lipinski definition) is 1. The van der Waals surface area contributed by atoms with Crippen molar-refractivity contribution < 1.29 is 0 Å². The average Bonchev–Trinajstić information content (AvgIpc) is 1.69. The Hall–Kier alpha value is -0.0100. The minimum atomic E-state index is 0.275. The van der Waals surface area contributed by atoms with Gasteiger partial charge in [-0.1, -0.05) is 12.2 Å². The van der Waals surface area contributed by atoms with Crippen LogP contribution in [-0.2, 0) is 0 Å². The van der Waals surface area contributed by atoms with Crippen LogP contribution in [-0.4, -0.2) is 19.0 Å². The van der Waals surface area contributed by atoms with Gasteiger partial charge in [0.2, 0.25) is 0 Å². The van der Waals surface area contributed by atoms with Crippen molar-refractivity contribution in [1.29, 1.82) is 0 Å². The van der Waals surface area contributed by atoms with Gasteiger partial charge < -0.3 is 5.32 Å². The molecule has 8 heavy (non-hydrogen) atoms. The second-order valence-corrected chi connectivity index (χ2v) is 2.15. The van der Waals surface area contributed by atoms with Gasteiger partial charge in [0.15, 0.2) is 0 Å². The number of alkyl halides is 1. The summed E-state index contributed by atoms with van der Waals surface area (Å²) in [6, 6.07) is 0.275. The summed E-state index contributed by atoms with van der Waals surface area (Å²) in [7, 11) is 1.88. The maximum Gasteiger partial charge on any atom is 0.0415 e. The monoisotopic (exact) mass is 133 g/mol. The van der Waals surface area contributed by atoms with Crippen molar-refractivity contribution in [1.82, 2.24) is 5.32 Å². The molecule has 0 spiro atoms. The van der Waals surface area contributed by atoms with Crippen molar-refractivity contribution >= 4 is 11.6 Å². The van der Waals surface area contributed by atoms with Crippen LogP contribution in [0.25, 0.3) is 0 Å². The number of rotatable bonds is 3. The molecule has 1 N–H and O–H groups in total. The smallest absolute Gasteiger partial charge is 0.0415 e. The molecule has 0 aliphatic carbocycles. The van der Waals surface area contributed by atoms with Crippen LogP contribution in [0.4, 0.5) is 0 Å². The van der Waals surface area contributed by atoms with Crippen LogP contribution in [0, 0.1) is 0 Å². The highest BCUT2D eigenvalue weighted by Gasteiger charge is 2.01. The Bertz CT molecular complexity index is 76.6. The van der Waals surface area contributed by atoms with Gasteiger partial charge in [-0.3, -0.25) is 0 Å². The summed E-state index contributed by atoms with van der Waals surface area (Å²) in [5.74, 6) is 0.603. The highest BCUT2D eigenvalue weighted by atomic mass is 35.5. The van der Waals surface area contributed by atoms with Gasteiger partial charge in [-0.15, -0.1) is 11.6 Å². The zero-order chi connectivity index (χ0) is 6.57. The molecule has 0 bridgehead atoms. The minimum absolute atomic E-state index is 0.275. The Kier molecular flexibility index (Phi) is 3.92. The van der Waals surface area contributed by atoms with E-state index in [1.807, 2.05) is 14.0 Å². The second kappa shape index (κ2) is 3.93. The van der Waals surface area contributed by atoms with E-state index in [0.29, 0.717) is 5.88 Å². The molecule has 0 aromatic rings. The third-order valence-electron chi connectivity index (χ3n) is 1.10. The number of likely N-dealkylation sites (N-methyl/N-ethyl adjacent to an activating group) is 1. The summed E-state index contributed by atoms with van der Waals surface area (Å²) >= 11 is 5.54. The number of halogens is 1. The fraction of sp³-hybridized carbons (Fsp3) is 0.667. The molecular formula is C6H12ClN. The fourth-order valence-electron chi connectivity index (χ4n) is 0.455. The van der Waals surface area contributed by atoms with Gasteiger partial charge in [-0.2, -0.15) is 0 Å². The molecule has 0 aromatic carbocycles. The van der Waals surface area contributed by atoms with Gasteiger partial charge in [-0.05, 0) is 14.0 Å². The van der Waals surface area contributed by atoms with Gasteiger partial charge in [-0.25, -0.2) is 0 Å². The lowest BCUT2D eigenvalue weighted by Crippen LogP contribution is -2.27. The SMILES string of the molecule is C=C(C)C(CCl)NC. The lowest BCUT2D eigenvalue weighted by molar-refractivity contribution is 0.700. The third-order valence-corrected chi connectivity index (χ3v) is 1.41. The van der Waals surface area contributed by atoms with E-state index in [1.165, 1.54) is 0 Å². The molecule has 0 radical (unpaired) electrons. The molecule has 0 saturated heterocycles. The molecule has 0 aliphatic rings. The summed E-state index contributed by atoms with van der Waals surface area (Å²) in [6.07, 6.45) is 0. The molecule has 1 unspecified atom stereocenters. The summed E-state index contributed by atoms with van der Waals surface area (Å²) < 4.78 is 0. The Morgan fingerprint density at radius 1 is 1.88 bits per heavy atom. The first kappa shape index (κ1) is 7.99. The molecule has 0 aromatic heterocycles. The first-order chi connectivity index (χ1) is 3.72. The van der Waals surface area contributed by atoms with E-state index in [1.54, 1.807) is 0 Å². The van der Waals surface area contributed by atoms with E-state index in [9.17, 15) is 0 Å². The first-order valence-corrected chi connectivity index (χ1v) is 3.14. The standard InChI is InChI=1S/C6H12ClN/c1-5(2)6(4-7)8-3/h6,8H,1,4H2,2-3H3. The van der Waals surface area contributed by atoms with Crippen molar-refractivity contribution in [2.75, 3.05) is 12.9 Å². The molecule has 48 valence electrons. The van der Waals surface area contributed by atoms with Crippen molar-refractivity contribution in [3.63, 3.8) is 0 Å². The highest BCUT2D eigenvalue weighted by molar-refractivity contribution is 6.18. The first-order valence-electron chi connectivity index (χ1n) is 2.61. The quantitative estimate of drug-likeness (QED) is 0.453. The predicted octanol–water partition coefficient (Wildman–Crippen LogP) is 1.39. The summed E-state index contributed by atoms with van der Waals surface area (Å²) in [5.41, 5.74) is 1.09. The van der Waals surface area contributed by atoms with Crippen LogP contribution < -0.4 is 5.32 Å². The molecule has 1 nitrogen and oxygen atoms in total. The van der Waals surface area contributed by atoms with Crippen molar-refractivity contribution in [3.05, 3.63) is 12.2 Å². The van der Waals surface area contributed by atoms with E-state index in [0.717, 1.165) is 5.57 Å². The summed E-state index contributed by atoms with van der Waals surface area (Å²) in [4.78, 5) is 0. The molecule has 2 heteroatoms. The van der Waals surface area contributed by atoms with Crippen molar-refractivity contribution in [2.45, 2.75) is 13.0 Å². The van der Waals surface area contributed by atoms with E-state index >= 15 is 0 Å². The van der Waals surface area contributed by atoms with E-state index in [-0.39, 0.29) is 6.04 Å². The zero-order valence-corrected chi connectivity index (χ0v) is 6.13. The lowest BCUT2D eigenvalue weighted by atomic mass is 10.2. The number of nitrogens with one attached hydrogen (secondary N) is 1. The van der Waals surface area contributed by atoms with Crippen LogP contribution in [0.5, 0.6) is 0 Å². The second-order valence-electron chi connectivity index (χ2n) is 1.84. The maximum absolute atomic E-state index is 5.54. The molecule has 0 aliphatic heterocycles. The molecule has 0 heterocycles. The third kappa shape index (κ3) is 2.34. The van der Waals surface area contributed by atoms with Gasteiger partial charge in [0.25, 0.3) is 0 Å². The molecular weight excluding hydrogens is 122 g/mol. The Labute approximate surface area is 55.7 Å². The summed E-state index contributed by atoms with van der Waals surface area (Å²) in [6.45, 7) is 5.71. The maximum atomic E-state index is 5.54. The van der Waals surface area contributed by atoms with Gasteiger partial charge in [0.1, 0.15) is 0 Å². The summed E-state index contributed by atoms with van der Waals surface area (Å²) in [5, 5.41) is 3.02. The van der Waals surface area contributed by atoms with Crippen LogP contribution in [0.3, 0.4) is 0 Å². The fourth-order valence-corrected chi connectivity index (χ4v) is 0.873. The van der Waals surface area contributed by atoms with E-state index in [2.05, 4.69) is 11.9 Å². The van der Waals surface area contributed by atoms with E-state index in [4.69, 9.17) is 11.6 Å². The van der Waals surface area contributed by atoms with Crippen LogP contribution in [0.1, 0.15) is 6.92 Å². The van der Waals surface area contributed by atoms with E-state index < -0.39 is 0 Å². The van der Waals surface area contributed by atoms with Gasteiger partial charge in [0.05, 0.1) is 0 Å². The molecule has 0 saturated carbocycles. The van der Waals surface area contributed by atoms with Crippen molar-refractivity contribution in [2.24, 2.45) is 0 Å². The van der Waals surface area contributed by atoms with Gasteiger partial charge >= 0.3 is 0 Å². The van der Waals surface area contributed by atoms with Gasteiger partial charge in [0, 0.05) is 11.9 Å². The Morgan fingerprint density at radius 3 is 2.38 bits per heavy atom. The lowest BCUT2D eigenvalue weighted by Gasteiger charge is -2.10. The molecule has 0 rings (SSSR count). The predicted molar refractivity (Wildman–Crippen MR) is 38.4 cm³/mol. The highest BCUT2D eigenvalue weighted by Crippen LogP contribution is 1.97. The minimum Gasteiger partial charge on any atom is -0.312 e. The zero-order valence-electron chi connectivity index (χ0n) is 5.37. The Balaban J connectivity index is 3.52. The van der Waals surface area contributed by atoms with Crippen LogP contribution >= 0.6 is 11.6 Å². The Morgan fingerprint density at radius 2 is 2.38 bits per heavy atom. The normalized spacial score (nSPS) is 13.4.